The first-order chi connectivity index (χ1) is 12.0. The van der Waals surface area contributed by atoms with Crippen LogP contribution in [0.15, 0.2) is 23.1 Å². The molecule has 2 rings (SSSR count). The van der Waals surface area contributed by atoms with Crippen LogP contribution in [-0.2, 0) is 12.2 Å². The number of anilines is 1. The summed E-state index contributed by atoms with van der Waals surface area (Å²) in [5.41, 5.74) is -3.32. The second kappa shape index (κ2) is 7.29. The van der Waals surface area contributed by atoms with Gasteiger partial charge in [-0.1, -0.05) is 0 Å². The summed E-state index contributed by atoms with van der Waals surface area (Å²) in [5.74, 6) is -2.10. The SMILES string of the molecule is CC(C)(F)c1sc(C(=O)Nc2cc(F)c(=O)n(CC(F)F)c2)cc1C#N. The third kappa shape index (κ3) is 4.29. The van der Waals surface area contributed by atoms with Crippen molar-refractivity contribution in [2.24, 2.45) is 0 Å². The Morgan fingerprint density at radius 2 is 2.08 bits per heavy atom. The largest absolute Gasteiger partial charge is 0.320 e. The van der Waals surface area contributed by atoms with Crippen molar-refractivity contribution in [2.45, 2.75) is 32.5 Å². The fourth-order valence-corrected chi connectivity index (χ4v) is 3.17. The average Bonchev–Trinajstić information content (AvgIpc) is 2.96. The lowest BCUT2D eigenvalue weighted by Gasteiger charge is -2.11. The Bertz CT molecular complexity index is 938. The van der Waals surface area contributed by atoms with Crippen LogP contribution in [0.5, 0.6) is 0 Å². The number of rotatable bonds is 5. The van der Waals surface area contributed by atoms with E-state index in [0.29, 0.717) is 10.6 Å². The monoisotopic (exact) mass is 387 g/mol. The minimum Gasteiger partial charge on any atom is -0.320 e. The molecule has 26 heavy (non-hydrogen) atoms. The number of carbonyl (C=O) groups excluding carboxylic acids is 1. The van der Waals surface area contributed by atoms with E-state index >= 15 is 0 Å². The van der Waals surface area contributed by atoms with Gasteiger partial charge in [-0.05, 0) is 19.9 Å². The van der Waals surface area contributed by atoms with E-state index in [1.807, 2.05) is 0 Å². The number of halogens is 4. The predicted octanol–water partition coefficient (Wildman–Crippen LogP) is 3.64. The molecule has 2 aromatic rings. The number of nitrogens with one attached hydrogen (secondary N) is 1. The van der Waals surface area contributed by atoms with Gasteiger partial charge in [-0.15, -0.1) is 11.3 Å². The van der Waals surface area contributed by atoms with E-state index in [9.17, 15) is 27.2 Å². The number of hydrogen-bond acceptors (Lipinski definition) is 4. The number of pyridine rings is 1. The summed E-state index contributed by atoms with van der Waals surface area (Å²) in [7, 11) is 0. The third-order valence-corrected chi connectivity index (χ3v) is 4.68. The zero-order chi connectivity index (χ0) is 19.6. The van der Waals surface area contributed by atoms with Crippen LogP contribution in [0.3, 0.4) is 0 Å². The van der Waals surface area contributed by atoms with Crippen molar-refractivity contribution < 1.29 is 22.4 Å². The summed E-state index contributed by atoms with van der Waals surface area (Å²) < 4.78 is 53.1. The molecule has 0 saturated carbocycles. The van der Waals surface area contributed by atoms with Crippen LogP contribution in [0.4, 0.5) is 23.2 Å². The van der Waals surface area contributed by atoms with E-state index in [2.05, 4.69) is 5.32 Å². The summed E-state index contributed by atoms with van der Waals surface area (Å²) in [6.07, 6.45) is -2.00. The first kappa shape index (κ1) is 19.7. The molecule has 0 aliphatic rings. The first-order valence-corrected chi connectivity index (χ1v) is 8.07. The number of aromatic nitrogens is 1. The van der Waals surface area contributed by atoms with Gasteiger partial charge in [-0.25, -0.2) is 17.6 Å². The maximum Gasteiger partial charge on any atom is 0.286 e. The lowest BCUT2D eigenvalue weighted by atomic mass is 10.1. The summed E-state index contributed by atoms with van der Waals surface area (Å²) in [4.78, 5) is 23.8. The second-order valence-corrected chi connectivity index (χ2v) is 6.87. The van der Waals surface area contributed by atoms with Crippen molar-refractivity contribution in [1.82, 2.24) is 4.57 Å². The number of amides is 1. The smallest absolute Gasteiger partial charge is 0.286 e. The molecule has 0 bridgehead atoms. The molecule has 0 aliphatic heterocycles. The molecule has 0 spiro atoms. The molecule has 10 heteroatoms. The fourth-order valence-electron chi connectivity index (χ4n) is 2.17. The summed E-state index contributed by atoms with van der Waals surface area (Å²) in [5, 5.41) is 11.3. The van der Waals surface area contributed by atoms with Crippen molar-refractivity contribution in [3.8, 4) is 6.07 Å². The Labute approximate surface area is 149 Å². The number of nitrogens with zero attached hydrogens (tertiary/aromatic N) is 2. The molecule has 0 atom stereocenters. The quantitative estimate of drug-likeness (QED) is 0.796. The average molecular weight is 387 g/mol. The predicted molar refractivity (Wildman–Crippen MR) is 87.8 cm³/mol. The molecular weight excluding hydrogens is 374 g/mol. The van der Waals surface area contributed by atoms with Crippen LogP contribution in [-0.4, -0.2) is 16.9 Å². The molecule has 2 heterocycles. The standard InChI is InChI=1S/C16H13F4N3O2S/c1-16(2,20)13-8(5-21)3-11(26-13)14(24)22-9-4-10(17)15(25)23(6-9)7-12(18)19/h3-4,6,12H,7H2,1-2H3,(H,22,24). The van der Waals surface area contributed by atoms with E-state index in [4.69, 9.17) is 5.26 Å². The number of nitriles is 1. The first-order valence-electron chi connectivity index (χ1n) is 7.25. The van der Waals surface area contributed by atoms with Crippen LogP contribution in [0.25, 0.3) is 0 Å². The van der Waals surface area contributed by atoms with Gasteiger partial charge in [0.25, 0.3) is 17.9 Å². The summed E-state index contributed by atoms with van der Waals surface area (Å²) >= 11 is 0.749. The molecule has 1 N–H and O–H groups in total. The fraction of sp³-hybridized carbons (Fsp3) is 0.312. The van der Waals surface area contributed by atoms with Crippen molar-refractivity contribution in [2.75, 3.05) is 5.32 Å². The van der Waals surface area contributed by atoms with Crippen molar-refractivity contribution in [3.05, 3.63) is 49.8 Å². The minimum absolute atomic E-state index is 0.0125. The number of carbonyl (C=O) groups is 1. The van der Waals surface area contributed by atoms with Crippen LogP contribution in [0.2, 0.25) is 0 Å². The second-order valence-electron chi connectivity index (χ2n) is 5.82. The highest BCUT2D eigenvalue weighted by Crippen LogP contribution is 2.35. The molecule has 0 radical (unpaired) electrons. The Morgan fingerprint density at radius 3 is 2.58 bits per heavy atom. The van der Waals surface area contributed by atoms with Gasteiger partial charge in [-0.3, -0.25) is 9.59 Å². The van der Waals surface area contributed by atoms with E-state index in [0.717, 1.165) is 17.5 Å². The van der Waals surface area contributed by atoms with Gasteiger partial charge in [-0.2, -0.15) is 5.26 Å². The summed E-state index contributed by atoms with van der Waals surface area (Å²) in [6, 6.07) is 3.67. The van der Waals surface area contributed by atoms with Gasteiger partial charge in [0, 0.05) is 12.3 Å². The number of thiophene rings is 1. The van der Waals surface area contributed by atoms with Gasteiger partial charge < -0.3 is 9.88 Å². The third-order valence-electron chi connectivity index (χ3n) is 3.25. The maximum atomic E-state index is 14.1. The molecule has 0 unspecified atom stereocenters. The van der Waals surface area contributed by atoms with Gasteiger partial charge in [0.2, 0.25) is 0 Å². The molecule has 0 saturated heterocycles. The minimum atomic E-state index is -2.89. The molecule has 1 amide bonds. The maximum absolute atomic E-state index is 14.1. The summed E-state index contributed by atoms with van der Waals surface area (Å²) in [6.45, 7) is 1.44. The number of alkyl halides is 3. The van der Waals surface area contributed by atoms with Gasteiger partial charge in [0.1, 0.15) is 11.7 Å². The van der Waals surface area contributed by atoms with Crippen LogP contribution < -0.4 is 10.9 Å². The van der Waals surface area contributed by atoms with Crippen LogP contribution >= 0.6 is 11.3 Å². The number of hydrogen-bond donors (Lipinski definition) is 1. The van der Waals surface area contributed by atoms with Crippen molar-refractivity contribution in [3.63, 3.8) is 0 Å². The lowest BCUT2D eigenvalue weighted by Crippen LogP contribution is -2.26. The molecule has 138 valence electrons. The molecule has 2 aromatic heterocycles. The zero-order valence-electron chi connectivity index (χ0n) is 13.6. The topological polar surface area (TPSA) is 74.9 Å². The van der Waals surface area contributed by atoms with Crippen LogP contribution in [0, 0.1) is 17.1 Å². The van der Waals surface area contributed by atoms with E-state index < -0.39 is 35.9 Å². The molecule has 5 nitrogen and oxygen atoms in total. The Morgan fingerprint density at radius 1 is 1.42 bits per heavy atom. The highest BCUT2D eigenvalue weighted by Gasteiger charge is 2.27. The Kier molecular flexibility index (Phi) is 5.51. The van der Waals surface area contributed by atoms with Gasteiger partial charge in [0.05, 0.1) is 27.5 Å². The molecule has 0 aliphatic carbocycles. The van der Waals surface area contributed by atoms with E-state index in [-0.39, 0.29) is 21.0 Å². The van der Waals surface area contributed by atoms with E-state index in [1.165, 1.54) is 19.9 Å². The van der Waals surface area contributed by atoms with Crippen molar-refractivity contribution in [1.29, 1.82) is 5.26 Å². The molecule has 0 aromatic carbocycles. The van der Waals surface area contributed by atoms with Gasteiger partial charge in [0.15, 0.2) is 5.82 Å². The van der Waals surface area contributed by atoms with Gasteiger partial charge >= 0.3 is 0 Å². The molecular formula is C16H13F4N3O2S. The van der Waals surface area contributed by atoms with Crippen molar-refractivity contribution >= 4 is 22.9 Å². The Hall–Kier alpha value is -2.67. The highest BCUT2D eigenvalue weighted by atomic mass is 32.1. The lowest BCUT2D eigenvalue weighted by molar-refractivity contribution is 0.103. The van der Waals surface area contributed by atoms with Crippen LogP contribution in [0.1, 0.15) is 34.0 Å². The molecule has 0 fully saturated rings. The highest BCUT2D eigenvalue weighted by molar-refractivity contribution is 7.14. The zero-order valence-corrected chi connectivity index (χ0v) is 14.5. The normalized spacial score (nSPS) is 11.5. The van der Waals surface area contributed by atoms with E-state index in [1.54, 1.807) is 6.07 Å². The Balaban J connectivity index is 2.34.